The Labute approximate surface area is 201 Å². The van der Waals surface area contributed by atoms with E-state index in [-0.39, 0.29) is 16.8 Å². The van der Waals surface area contributed by atoms with Gasteiger partial charge in [0.1, 0.15) is 0 Å². The summed E-state index contributed by atoms with van der Waals surface area (Å²) in [5.41, 5.74) is 6.07. The van der Waals surface area contributed by atoms with Crippen LogP contribution in [0.2, 0.25) is 0 Å². The first-order valence-corrected chi connectivity index (χ1v) is 12.1. The van der Waals surface area contributed by atoms with Crippen molar-refractivity contribution in [2.75, 3.05) is 6.61 Å². The summed E-state index contributed by atoms with van der Waals surface area (Å²) >= 11 is 0. The molecular weight excluding hydrogens is 424 g/mol. The average Bonchev–Trinajstić information content (AvgIpc) is 2.82. The molecule has 1 aliphatic rings. The third kappa shape index (κ3) is 4.84. The van der Waals surface area contributed by atoms with Crippen LogP contribution >= 0.6 is 0 Å². The van der Waals surface area contributed by atoms with Crippen LogP contribution < -0.4 is 5.69 Å². The molecule has 2 aromatic carbocycles. The molecule has 0 bridgehead atoms. The van der Waals surface area contributed by atoms with Gasteiger partial charge >= 0.3 is 11.7 Å². The van der Waals surface area contributed by atoms with Crippen molar-refractivity contribution in [3.05, 3.63) is 75.7 Å². The van der Waals surface area contributed by atoms with Crippen LogP contribution in [-0.2, 0) is 15.6 Å². The van der Waals surface area contributed by atoms with E-state index in [0.29, 0.717) is 23.6 Å². The molecule has 0 atom stereocenters. The molecule has 0 fully saturated rings. The number of aromatic nitrogens is 2. The number of nitrogens with zero attached hydrogens (tertiary/aromatic N) is 1. The van der Waals surface area contributed by atoms with E-state index in [1.807, 2.05) is 18.2 Å². The number of hydrogen-bond donors (Lipinski definition) is 1. The molecule has 1 aromatic heterocycles. The molecule has 5 nitrogen and oxygen atoms in total. The van der Waals surface area contributed by atoms with Crippen LogP contribution in [0.5, 0.6) is 0 Å². The lowest BCUT2D eigenvalue weighted by atomic mass is 9.63. The number of hydrogen-bond acceptors (Lipinski definition) is 4. The number of benzene rings is 2. The van der Waals surface area contributed by atoms with Crippen LogP contribution in [0.1, 0.15) is 81.8 Å². The number of nitrogens with one attached hydrogen (secondary N) is 1. The highest BCUT2D eigenvalue weighted by atomic mass is 16.5. The number of ether oxygens (including phenoxy) is 1. The highest BCUT2D eigenvalue weighted by molar-refractivity contribution is 5.90. The van der Waals surface area contributed by atoms with E-state index < -0.39 is 5.69 Å². The van der Waals surface area contributed by atoms with Crippen LogP contribution in [0.4, 0.5) is 0 Å². The van der Waals surface area contributed by atoms with Gasteiger partial charge in [0, 0.05) is 5.56 Å². The Balaban J connectivity index is 1.66. The van der Waals surface area contributed by atoms with E-state index in [1.54, 1.807) is 12.1 Å². The lowest BCUT2D eigenvalue weighted by Crippen LogP contribution is -2.33. The van der Waals surface area contributed by atoms with Gasteiger partial charge in [-0.3, -0.25) is 0 Å². The second-order valence-corrected chi connectivity index (χ2v) is 10.6. The highest BCUT2D eigenvalue weighted by Crippen LogP contribution is 2.46. The number of carbonyl (C=O) groups is 1. The van der Waals surface area contributed by atoms with Gasteiger partial charge in [-0.2, -0.15) is 4.98 Å². The van der Waals surface area contributed by atoms with Gasteiger partial charge in [0.05, 0.1) is 23.6 Å². The minimum Gasteiger partial charge on any atom is -0.462 e. The first-order chi connectivity index (χ1) is 16.1. The molecule has 1 N–H and O–H groups in total. The monoisotopic (exact) mass is 458 g/mol. The van der Waals surface area contributed by atoms with E-state index >= 15 is 0 Å². The average molecular weight is 459 g/mol. The molecule has 0 spiro atoms. The van der Waals surface area contributed by atoms with Gasteiger partial charge in [-0.05, 0) is 71.0 Å². The van der Waals surface area contributed by atoms with E-state index in [9.17, 15) is 9.59 Å². The van der Waals surface area contributed by atoms with Gasteiger partial charge in [-0.25, -0.2) is 9.59 Å². The standard InChI is InChI=1S/C29H34N2O3/c1-6-7-16-34-26(32)20-10-8-19(9-11-20)24-18-25(31-27(33)30-24)21-12-13-22-23(17-21)29(4,5)15-14-28(22,2)3/h8-13,17-18H,6-7,14-16H2,1-5H3,(H,30,31,33). The number of H-pyrrole nitrogens is 1. The third-order valence-corrected chi connectivity index (χ3v) is 7.06. The zero-order chi connectivity index (χ0) is 24.5. The normalized spacial score (nSPS) is 16.0. The summed E-state index contributed by atoms with van der Waals surface area (Å²) in [5.74, 6) is -0.330. The predicted octanol–water partition coefficient (Wildman–Crippen LogP) is 6.41. The van der Waals surface area contributed by atoms with Crippen molar-refractivity contribution in [1.29, 1.82) is 0 Å². The van der Waals surface area contributed by atoms with Crippen LogP contribution in [0.15, 0.2) is 53.3 Å². The summed E-state index contributed by atoms with van der Waals surface area (Å²) < 4.78 is 5.28. The number of rotatable bonds is 6. The van der Waals surface area contributed by atoms with Gasteiger partial charge in [0.25, 0.3) is 0 Å². The van der Waals surface area contributed by atoms with Crippen molar-refractivity contribution in [2.24, 2.45) is 0 Å². The fourth-order valence-electron chi connectivity index (χ4n) is 4.69. The maximum atomic E-state index is 12.5. The van der Waals surface area contributed by atoms with E-state index in [1.165, 1.54) is 11.1 Å². The third-order valence-electron chi connectivity index (χ3n) is 7.06. The van der Waals surface area contributed by atoms with Crippen molar-refractivity contribution >= 4 is 5.97 Å². The molecule has 1 aliphatic carbocycles. The fourth-order valence-corrected chi connectivity index (χ4v) is 4.69. The maximum Gasteiger partial charge on any atom is 0.345 e. The minimum atomic E-state index is -0.395. The largest absolute Gasteiger partial charge is 0.462 e. The molecule has 0 radical (unpaired) electrons. The quantitative estimate of drug-likeness (QED) is 0.342. The Kier molecular flexibility index (Phi) is 6.48. The van der Waals surface area contributed by atoms with Crippen molar-refractivity contribution in [3.8, 4) is 22.5 Å². The van der Waals surface area contributed by atoms with Crippen LogP contribution in [0.3, 0.4) is 0 Å². The molecule has 1 heterocycles. The summed E-state index contributed by atoms with van der Waals surface area (Å²) in [6.07, 6.45) is 4.10. The Bertz CT molecular complexity index is 1250. The number of fused-ring (bicyclic) bond motifs is 1. The summed E-state index contributed by atoms with van der Waals surface area (Å²) in [5, 5.41) is 0. The number of unbranched alkanes of at least 4 members (excludes halogenated alkanes) is 1. The second kappa shape index (κ2) is 9.21. The Morgan fingerprint density at radius 3 is 2.26 bits per heavy atom. The fraction of sp³-hybridized carbons (Fsp3) is 0.414. The number of esters is 1. The summed E-state index contributed by atoms with van der Waals surface area (Å²) in [6.45, 7) is 11.7. The molecule has 0 unspecified atom stereocenters. The smallest absolute Gasteiger partial charge is 0.345 e. The predicted molar refractivity (Wildman–Crippen MR) is 136 cm³/mol. The van der Waals surface area contributed by atoms with E-state index in [4.69, 9.17) is 4.74 Å². The van der Waals surface area contributed by atoms with Crippen molar-refractivity contribution in [2.45, 2.75) is 71.1 Å². The first-order valence-electron chi connectivity index (χ1n) is 12.1. The molecule has 0 saturated carbocycles. The van der Waals surface area contributed by atoms with Crippen LogP contribution in [0, 0.1) is 0 Å². The molecule has 4 rings (SSSR count). The number of aromatic amines is 1. The Morgan fingerprint density at radius 2 is 1.59 bits per heavy atom. The van der Waals surface area contributed by atoms with Gasteiger partial charge in [-0.1, -0.05) is 65.3 Å². The lowest BCUT2D eigenvalue weighted by Gasteiger charge is -2.42. The molecule has 0 amide bonds. The van der Waals surface area contributed by atoms with Gasteiger partial charge in [-0.15, -0.1) is 0 Å². The Hall–Kier alpha value is -3.21. The van der Waals surface area contributed by atoms with Gasteiger partial charge < -0.3 is 9.72 Å². The summed E-state index contributed by atoms with van der Waals surface area (Å²) in [7, 11) is 0. The second-order valence-electron chi connectivity index (χ2n) is 10.6. The topological polar surface area (TPSA) is 72.0 Å². The van der Waals surface area contributed by atoms with E-state index in [2.05, 4.69) is 62.8 Å². The Morgan fingerprint density at radius 1 is 0.941 bits per heavy atom. The van der Waals surface area contributed by atoms with Crippen molar-refractivity contribution in [1.82, 2.24) is 9.97 Å². The zero-order valence-corrected chi connectivity index (χ0v) is 20.8. The molecule has 5 heteroatoms. The van der Waals surface area contributed by atoms with Crippen LogP contribution in [-0.4, -0.2) is 22.5 Å². The molecule has 178 valence electrons. The molecule has 0 aliphatic heterocycles. The molecule has 34 heavy (non-hydrogen) atoms. The number of carbonyl (C=O) groups excluding carboxylic acids is 1. The molecular formula is C29H34N2O3. The van der Waals surface area contributed by atoms with Gasteiger partial charge in [0.2, 0.25) is 0 Å². The lowest BCUT2D eigenvalue weighted by molar-refractivity contribution is 0.0500. The zero-order valence-electron chi connectivity index (χ0n) is 20.8. The van der Waals surface area contributed by atoms with E-state index in [0.717, 1.165) is 36.8 Å². The SMILES string of the molecule is CCCCOC(=O)c1ccc(-c2cc(-c3ccc4c(c3)C(C)(C)CCC4(C)C)nc(=O)[nH]2)cc1. The van der Waals surface area contributed by atoms with Gasteiger partial charge in [0.15, 0.2) is 0 Å². The summed E-state index contributed by atoms with van der Waals surface area (Å²) in [6, 6.07) is 15.5. The molecule has 3 aromatic rings. The minimum absolute atomic E-state index is 0.0759. The van der Waals surface area contributed by atoms with Crippen molar-refractivity contribution < 1.29 is 9.53 Å². The molecule has 0 saturated heterocycles. The van der Waals surface area contributed by atoms with Crippen LogP contribution in [0.25, 0.3) is 22.5 Å². The summed E-state index contributed by atoms with van der Waals surface area (Å²) in [4.78, 5) is 31.7. The first kappa shape index (κ1) is 23.9. The van der Waals surface area contributed by atoms with Crippen molar-refractivity contribution in [3.63, 3.8) is 0 Å². The maximum absolute atomic E-state index is 12.5. The highest BCUT2D eigenvalue weighted by Gasteiger charge is 2.37.